The number of aromatic nitrogens is 2. The van der Waals surface area contributed by atoms with Crippen molar-refractivity contribution in [1.29, 1.82) is 0 Å². The molecule has 2 heterocycles. The number of carbonyl (C=O) groups is 1. The molecule has 2 aliphatic rings. The molecule has 0 unspecified atom stereocenters. The molecule has 0 radical (unpaired) electrons. The summed E-state index contributed by atoms with van der Waals surface area (Å²) in [6.45, 7) is 2.55. The number of ether oxygens (including phenoxy) is 1. The Kier molecular flexibility index (Phi) is 5.03. The Balaban J connectivity index is 1.40. The summed E-state index contributed by atoms with van der Waals surface area (Å²) in [7, 11) is 0. The standard InChI is InChI=1S/C20H22F3N3O2/c1-12-7-17(20(22)23)26(24-12)11-19(27)25-9-13-5-6-18(16(13)10-25)28-15-4-2-3-14(21)8-15/h2-4,7-8,13,16,18,20H,5-6,9-11H2,1H3/t13-,16+,18-/m0/s1. The van der Waals surface area contributed by atoms with Crippen molar-refractivity contribution in [1.82, 2.24) is 14.7 Å². The molecule has 1 aromatic heterocycles. The minimum absolute atomic E-state index is 0.0758. The number of hydrogen-bond acceptors (Lipinski definition) is 3. The zero-order chi connectivity index (χ0) is 19.8. The fourth-order valence-electron chi connectivity index (χ4n) is 4.38. The molecule has 28 heavy (non-hydrogen) atoms. The van der Waals surface area contributed by atoms with Crippen LogP contribution in [0, 0.1) is 24.6 Å². The maximum absolute atomic E-state index is 13.4. The number of hydrogen-bond donors (Lipinski definition) is 0. The lowest BCUT2D eigenvalue weighted by Gasteiger charge is -2.22. The number of amides is 1. The Labute approximate surface area is 161 Å². The highest BCUT2D eigenvalue weighted by Gasteiger charge is 2.45. The summed E-state index contributed by atoms with van der Waals surface area (Å²) in [5, 5.41) is 4.02. The number of fused-ring (bicyclic) bond motifs is 1. The molecule has 8 heteroatoms. The highest BCUT2D eigenvalue weighted by molar-refractivity contribution is 5.76. The Morgan fingerprint density at radius 2 is 2.11 bits per heavy atom. The monoisotopic (exact) mass is 393 g/mol. The second-order valence-electron chi connectivity index (χ2n) is 7.58. The molecular formula is C20H22F3N3O2. The number of benzene rings is 1. The van der Waals surface area contributed by atoms with Crippen LogP contribution in [0.1, 0.15) is 30.7 Å². The van der Waals surface area contributed by atoms with Crippen LogP contribution in [0.2, 0.25) is 0 Å². The zero-order valence-electron chi connectivity index (χ0n) is 15.5. The predicted molar refractivity (Wildman–Crippen MR) is 95.5 cm³/mol. The van der Waals surface area contributed by atoms with Gasteiger partial charge < -0.3 is 9.64 Å². The molecule has 0 N–H and O–H groups in total. The van der Waals surface area contributed by atoms with E-state index in [4.69, 9.17) is 4.74 Å². The third-order valence-electron chi connectivity index (χ3n) is 5.67. The maximum Gasteiger partial charge on any atom is 0.280 e. The van der Waals surface area contributed by atoms with Crippen molar-refractivity contribution in [2.24, 2.45) is 11.8 Å². The van der Waals surface area contributed by atoms with E-state index in [1.54, 1.807) is 24.0 Å². The van der Waals surface area contributed by atoms with Crippen LogP contribution in [-0.2, 0) is 11.3 Å². The summed E-state index contributed by atoms with van der Waals surface area (Å²) in [6.07, 6.45) is -0.955. The van der Waals surface area contributed by atoms with Gasteiger partial charge in [-0.3, -0.25) is 9.48 Å². The quantitative estimate of drug-likeness (QED) is 0.780. The van der Waals surface area contributed by atoms with Gasteiger partial charge in [0.15, 0.2) is 0 Å². The van der Waals surface area contributed by atoms with Gasteiger partial charge in [0.05, 0.1) is 5.69 Å². The molecule has 5 nitrogen and oxygen atoms in total. The predicted octanol–water partition coefficient (Wildman–Crippen LogP) is 3.58. The summed E-state index contributed by atoms with van der Waals surface area (Å²) in [5.41, 5.74) is 0.225. The zero-order valence-corrected chi connectivity index (χ0v) is 15.5. The first-order chi connectivity index (χ1) is 13.4. The average Bonchev–Trinajstić information content (AvgIpc) is 3.30. The van der Waals surface area contributed by atoms with Gasteiger partial charge in [-0.1, -0.05) is 6.07 Å². The molecule has 0 bridgehead atoms. The number of alkyl halides is 2. The van der Waals surface area contributed by atoms with E-state index in [0.29, 0.717) is 30.5 Å². The molecule has 1 saturated heterocycles. The van der Waals surface area contributed by atoms with E-state index in [2.05, 4.69) is 5.10 Å². The minimum atomic E-state index is -2.67. The molecule has 2 fully saturated rings. The normalized spacial score (nSPS) is 24.0. The minimum Gasteiger partial charge on any atom is -0.490 e. The second-order valence-corrected chi connectivity index (χ2v) is 7.58. The number of likely N-dealkylation sites (tertiary alicyclic amines) is 1. The van der Waals surface area contributed by atoms with E-state index in [9.17, 15) is 18.0 Å². The van der Waals surface area contributed by atoms with Crippen molar-refractivity contribution < 1.29 is 22.7 Å². The number of halogens is 3. The van der Waals surface area contributed by atoms with Gasteiger partial charge in [0.1, 0.15) is 29.9 Å². The Bertz CT molecular complexity index is 870. The van der Waals surface area contributed by atoms with E-state index in [1.165, 1.54) is 18.2 Å². The molecule has 3 atom stereocenters. The van der Waals surface area contributed by atoms with Crippen molar-refractivity contribution >= 4 is 5.91 Å². The van der Waals surface area contributed by atoms with Gasteiger partial charge in [-0.2, -0.15) is 5.10 Å². The van der Waals surface area contributed by atoms with E-state index in [1.807, 2.05) is 0 Å². The van der Waals surface area contributed by atoms with Crippen LogP contribution in [0.25, 0.3) is 0 Å². The average molecular weight is 393 g/mol. The van der Waals surface area contributed by atoms with Crippen LogP contribution >= 0.6 is 0 Å². The highest BCUT2D eigenvalue weighted by Crippen LogP contribution is 2.40. The van der Waals surface area contributed by atoms with Gasteiger partial charge >= 0.3 is 0 Å². The fraction of sp³-hybridized carbons (Fsp3) is 0.500. The molecule has 1 aliphatic carbocycles. The number of aryl methyl sites for hydroxylation is 1. The van der Waals surface area contributed by atoms with Crippen LogP contribution in [0.3, 0.4) is 0 Å². The summed E-state index contributed by atoms with van der Waals surface area (Å²) in [6, 6.07) is 7.36. The molecule has 1 aromatic carbocycles. The fourth-order valence-corrected chi connectivity index (χ4v) is 4.38. The number of carbonyl (C=O) groups excluding carboxylic acids is 1. The molecule has 1 aliphatic heterocycles. The third-order valence-corrected chi connectivity index (χ3v) is 5.67. The van der Waals surface area contributed by atoms with Crippen molar-refractivity contribution in [2.45, 2.75) is 38.8 Å². The lowest BCUT2D eigenvalue weighted by atomic mass is 9.99. The van der Waals surface area contributed by atoms with Crippen molar-refractivity contribution in [3.63, 3.8) is 0 Å². The summed E-state index contributed by atoms with van der Waals surface area (Å²) < 4.78 is 46.7. The second kappa shape index (κ2) is 7.48. The topological polar surface area (TPSA) is 47.4 Å². The molecule has 2 aromatic rings. The van der Waals surface area contributed by atoms with Gasteiger partial charge in [0, 0.05) is 25.1 Å². The first kappa shape index (κ1) is 18.8. The van der Waals surface area contributed by atoms with E-state index < -0.39 is 6.43 Å². The van der Waals surface area contributed by atoms with E-state index in [0.717, 1.165) is 17.5 Å². The Morgan fingerprint density at radius 3 is 2.86 bits per heavy atom. The molecule has 4 rings (SSSR count). The molecule has 1 saturated carbocycles. The Morgan fingerprint density at radius 1 is 1.29 bits per heavy atom. The largest absolute Gasteiger partial charge is 0.490 e. The van der Waals surface area contributed by atoms with Crippen molar-refractivity contribution in [3.05, 3.63) is 47.5 Å². The number of nitrogens with zero attached hydrogens (tertiary/aromatic N) is 3. The first-order valence-electron chi connectivity index (χ1n) is 9.43. The van der Waals surface area contributed by atoms with Crippen LogP contribution in [0.5, 0.6) is 5.75 Å². The van der Waals surface area contributed by atoms with Gasteiger partial charge in [0.2, 0.25) is 5.91 Å². The smallest absolute Gasteiger partial charge is 0.280 e. The summed E-state index contributed by atoms with van der Waals surface area (Å²) >= 11 is 0. The molecule has 0 spiro atoms. The lowest BCUT2D eigenvalue weighted by molar-refractivity contribution is -0.131. The molecular weight excluding hydrogens is 371 g/mol. The molecule has 1 amide bonds. The van der Waals surface area contributed by atoms with Crippen LogP contribution in [0.4, 0.5) is 13.2 Å². The van der Waals surface area contributed by atoms with Gasteiger partial charge in [-0.25, -0.2) is 13.2 Å². The lowest BCUT2D eigenvalue weighted by Crippen LogP contribution is -2.35. The van der Waals surface area contributed by atoms with Crippen LogP contribution < -0.4 is 4.74 Å². The van der Waals surface area contributed by atoms with Crippen molar-refractivity contribution in [3.8, 4) is 5.75 Å². The molecule has 150 valence electrons. The van der Waals surface area contributed by atoms with Crippen molar-refractivity contribution in [2.75, 3.05) is 13.1 Å². The van der Waals surface area contributed by atoms with Gasteiger partial charge in [0.25, 0.3) is 6.43 Å². The third kappa shape index (κ3) is 3.72. The van der Waals surface area contributed by atoms with Crippen LogP contribution in [0.15, 0.2) is 30.3 Å². The van der Waals surface area contributed by atoms with Crippen LogP contribution in [-0.4, -0.2) is 39.8 Å². The Hall–Kier alpha value is -2.51. The van der Waals surface area contributed by atoms with Gasteiger partial charge in [-0.15, -0.1) is 0 Å². The number of rotatable bonds is 5. The summed E-state index contributed by atoms with van der Waals surface area (Å²) in [4.78, 5) is 14.4. The SMILES string of the molecule is Cc1cc(C(F)F)n(CC(=O)N2C[C@@H]3CC[C@H](Oc4cccc(F)c4)[C@@H]3C2)n1. The summed E-state index contributed by atoms with van der Waals surface area (Å²) in [5.74, 6) is 0.408. The maximum atomic E-state index is 13.4. The highest BCUT2D eigenvalue weighted by atomic mass is 19.3. The van der Waals surface area contributed by atoms with E-state index in [-0.39, 0.29) is 36.0 Å². The first-order valence-corrected chi connectivity index (χ1v) is 9.43. The van der Waals surface area contributed by atoms with E-state index >= 15 is 0 Å². The van der Waals surface area contributed by atoms with Gasteiger partial charge in [-0.05, 0) is 43.9 Å².